The number of hydrogen-bond donors (Lipinski definition) is 1. The minimum absolute atomic E-state index is 0.0628. The van der Waals surface area contributed by atoms with Gasteiger partial charge in [-0.05, 0) is 12.3 Å². The Hall–Kier alpha value is -1.43. The Morgan fingerprint density at radius 1 is 1.62 bits per heavy atom. The maximum atomic E-state index is 11.9. The summed E-state index contributed by atoms with van der Waals surface area (Å²) in [5.41, 5.74) is 5.95. The number of hydrogen-bond acceptors (Lipinski definition) is 4. The number of nitrogens with zero attached hydrogens (tertiary/aromatic N) is 4. The Kier molecular flexibility index (Phi) is 3.19. The molecule has 0 aliphatic carbocycles. The quantitative estimate of drug-likeness (QED) is 0.731. The van der Waals surface area contributed by atoms with Gasteiger partial charge in [0.25, 0.3) is 0 Å². The molecule has 1 aromatic rings. The van der Waals surface area contributed by atoms with Crippen molar-refractivity contribution in [1.82, 2.24) is 19.9 Å². The van der Waals surface area contributed by atoms with Crippen LogP contribution in [0.15, 0.2) is 12.4 Å². The molecule has 2 heterocycles. The summed E-state index contributed by atoms with van der Waals surface area (Å²) >= 11 is 0. The Morgan fingerprint density at radius 2 is 2.44 bits per heavy atom. The summed E-state index contributed by atoms with van der Waals surface area (Å²) in [6.07, 6.45) is 4.23. The standard InChI is InChI=1S/C10H17N5O/c1-8-2-4-14(6-9(8)11)10(16)7-15-5-3-12-13-15/h3,5,8-9H,2,4,6-7,11H2,1H3. The van der Waals surface area contributed by atoms with Gasteiger partial charge in [-0.3, -0.25) is 4.79 Å². The van der Waals surface area contributed by atoms with Crippen LogP contribution in [0, 0.1) is 5.92 Å². The first-order valence-electron chi connectivity index (χ1n) is 5.54. The van der Waals surface area contributed by atoms with E-state index in [4.69, 9.17) is 5.73 Å². The second kappa shape index (κ2) is 4.61. The predicted molar refractivity (Wildman–Crippen MR) is 58.4 cm³/mol. The number of amides is 1. The first-order valence-corrected chi connectivity index (χ1v) is 5.54. The first kappa shape index (κ1) is 11.1. The van der Waals surface area contributed by atoms with Gasteiger partial charge in [0.15, 0.2) is 0 Å². The summed E-state index contributed by atoms with van der Waals surface area (Å²) in [6, 6.07) is 0.0912. The van der Waals surface area contributed by atoms with Gasteiger partial charge in [0.1, 0.15) is 6.54 Å². The van der Waals surface area contributed by atoms with Crippen LogP contribution in [0.2, 0.25) is 0 Å². The number of carbonyl (C=O) groups excluding carboxylic acids is 1. The molecule has 2 unspecified atom stereocenters. The van der Waals surface area contributed by atoms with Crippen molar-refractivity contribution in [1.29, 1.82) is 0 Å². The van der Waals surface area contributed by atoms with Gasteiger partial charge in [-0.1, -0.05) is 12.1 Å². The van der Waals surface area contributed by atoms with Crippen LogP contribution in [0.25, 0.3) is 0 Å². The molecule has 1 aliphatic heterocycles. The number of aromatic nitrogens is 3. The van der Waals surface area contributed by atoms with Crippen molar-refractivity contribution < 1.29 is 4.79 Å². The molecule has 6 nitrogen and oxygen atoms in total. The van der Waals surface area contributed by atoms with Gasteiger partial charge >= 0.3 is 0 Å². The van der Waals surface area contributed by atoms with Gasteiger partial charge in [-0.15, -0.1) is 5.10 Å². The van der Waals surface area contributed by atoms with Crippen LogP contribution < -0.4 is 5.73 Å². The van der Waals surface area contributed by atoms with E-state index >= 15 is 0 Å². The highest BCUT2D eigenvalue weighted by molar-refractivity contribution is 5.76. The summed E-state index contributed by atoms with van der Waals surface area (Å²) in [7, 11) is 0. The molecular formula is C10H17N5O. The fourth-order valence-electron chi connectivity index (χ4n) is 1.88. The van der Waals surface area contributed by atoms with E-state index in [1.54, 1.807) is 12.4 Å². The van der Waals surface area contributed by atoms with Crippen molar-refractivity contribution in [2.75, 3.05) is 13.1 Å². The summed E-state index contributed by atoms with van der Waals surface area (Å²) in [5.74, 6) is 0.559. The number of carbonyl (C=O) groups is 1. The number of piperidine rings is 1. The first-order chi connectivity index (χ1) is 7.66. The maximum absolute atomic E-state index is 11.9. The lowest BCUT2D eigenvalue weighted by Gasteiger charge is -2.35. The Balaban J connectivity index is 1.90. The SMILES string of the molecule is CC1CCN(C(=O)Cn2ccnn2)CC1N. The Labute approximate surface area is 94.4 Å². The number of rotatable bonds is 2. The molecule has 1 saturated heterocycles. The molecule has 2 N–H and O–H groups in total. The molecule has 2 atom stereocenters. The van der Waals surface area contributed by atoms with Crippen molar-refractivity contribution in [3.8, 4) is 0 Å². The molecule has 1 aromatic heterocycles. The molecule has 0 radical (unpaired) electrons. The van der Waals surface area contributed by atoms with E-state index in [0.717, 1.165) is 13.0 Å². The van der Waals surface area contributed by atoms with Crippen LogP contribution in [-0.2, 0) is 11.3 Å². The van der Waals surface area contributed by atoms with E-state index in [9.17, 15) is 4.79 Å². The van der Waals surface area contributed by atoms with Gasteiger partial charge in [0.2, 0.25) is 5.91 Å². The molecule has 0 bridgehead atoms. The molecule has 1 amide bonds. The van der Waals surface area contributed by atoms with Crippen molar-refractivity contribution in [2.45, 2.75) is 25.9 Å². The van der Waals surface area contributed by atoms with Crippen LogP contribution in [0.5, 0.6) is 0 Å². The molecule has 0 spiro atoms. The molecule has 1 fully saturated rings. The molecule has 88 valence electrons. The summed E-state index contributed by atoms with van der Waals surface area (Å²) in [5, 5.41) is 7.44. The minimum atomic E-state index is 0.0628. The topological polar surface area (TPSA) is 77.0 Å². The third kappa shape index (κ3) is 2.38. The minimum Gasteiger partial charge on any atom is -0.340 e. The zero-order valence-corrected chi connectivity index (χ0v) is 9.41. The fraction of sp³-hybridized carbons (Fsp3) is 0.700. The molecule has 0 saturated carbocycles. The Morgan fingerprint density at radius 3 is 3.06 bits per heavy atom. The lowest BCUT2D eigenvalue weighted by Crippen LogP contribution is -2.50. The van der Waals surface area contributed by atoms with E-state index in [1.807, 2.05) is 4.90 Å². The van der Waals surface area contributed by atoms with Crippen LogP contribution >= 0.6 is 0 Å². The molecule has 16 heavy (non-hydrogen) atoms. The van der Waals surface area contributed by atoms with Gasteiger partial charge in [-0.2, -0.15) is 0 Å². The molecule has 6 heteroatoms. The zero-order valence-electron chi connectivity index (χ0n) is 9.41. The monoisotopic (exact) mass is 223 g/mol. The van der Waals surface area contributed by atoms with E-state index in [-0.39, 0.29) is 18.5 Å². The second-order valence-corrected chi connectivity index (χ2v) is 4.37. The highest BCUT2D eigenvalue weighted by Gasteiger charge is 2.26. The van der Waals surface area contributed by atoms with Crippen LogP contribution in [0.1, 0.15) is 13.3 Å². The van der Waals surface area contributed by atoms with Gasteiger partial charge in [-0.25, -0.2) is 4.68 Å². The lowest BCUT2D eigenvalue weighted by molar-refractivity contribution is -0.133. The summed E-state index contributed by atoms with van der Waals surface area (Å²) in [6.45, 7) is 3.82. The summed E-state index contributed by atoms with van der Waals surface area (Å²) in [4.78, 5) is 13.7. The van der Waals surface area contributed by atoms with E-state index in [1.165, 1.54) is 4.68 Å². The molecular weight excluding hydrogens is 206 g/mol. The second-order valence-electron chi connectivity index (χ2n) is 4.37. The van der Waals surface area contributed by atoms with E-state index < -0.39 is 0 Å². The molecule has 2 rings (SSSR count). The van der Waals surface area contributed by atoms with E-state index in [2.05, 4.69) is 17.2 Å². The maximum Gasteiger partial charge on any atom is 0.244 e. The van der Waals surface area contributed by atoms with Crippen molar-refractivity contribution >= 4 is 5.91 Å². The van der Waals surface area contributed by atoms with Crippen molar-refractivity contribution in [3.63, 3.8) is 0 Å². The fourth-order valence-corrected chi connectivity index (χ4v) is 1.88. The summed E-state index contributed by atoms with van der Waals surface area (Å²) < 4.78 is 1.53. The zero-order chi connectivity index (χ0) is 11.5. The average Bonchev–Trinajstić information content (AvgIpc) is 2.74. The Bertz CT molecular complexity index is 350. The van der Waals surface area contributed by atoms with Gasteiger partial charge < -0.3 is 10.6 Å². The van der Waals surface area contributed by atoms with Gasteiger partial charge in [0.05, 0.1) is 6.20 Å². The van der Waals surface area contributed by atoms with Crippen LogP contribution in [0.4, 0.5) is 0 Å². The smallest absolute Gasteiger partial charge is 0.244 e. The third-order valence-corrected chi connectivity index (χ3v) is 3.14. The molecule has 0 aromatic carbocycles. The van der Waals surface area contributed by atoms with Crippen molar-refractivity contribution in [3.05, 3.63) is 12.4 Å². The molecule has 1 aliphatic rings. The van der Waals surface area contributed by atoms with Gasteiger partial charge in [0, 0.05) is 25.3 Å². The van der Waals surface area contributed by atoms with Crippen LogP contribution in [-0.4, -0.2) is 44.9 Å². The predicted octanol–water partition coefficient (Wildman–Crippen LogP) is -0.526. The highest BCUT2D eigenvalue weighted by Crippen LogP contribution is 2.15. The normalized spacial score (nSPS) is 25.8. The number of likely N-dealkylation sites (tertiary alicyclic amines) is 1. The van der Waals surface area contributed by atoms with E-state index in [0.29, 0.717) is 12.5 Å². The third-order valence-electron chi connectivity index (χ3n) is 3.14. The lowest BCUT2D eigenvalue weighted by atomic mass is 9.94. The largest absolute Gasteiger partial charge is 0.340 e. The van der Waals surface area contributed by atoms with Crippen molar-refractivity contribution in [2.24, 2.45) is 11.7 Å². The highest BCUT2D eigenvalue weighted by atomic mass is 16.2. The van der Waals surface area contributed by atoms with Crippen LogP contribution in [0.3, 0.4) is 0 Å². The number of nitrogens with two attached hydrogens (primary N) is 1. The average molecular weight is 223 g/mol.